The number of nitrogens with zero attached hydrogens (tertiary/aromatic N) is 4. The monoisotopic (exact) mass is 635 g/mol. The van der Waals surface area contributed by atoms with Gasteiger partial charge in [0, 0.05) is 48.0 Å². The van der Waals surface area contributed by atoms with Crippen molar-refractivity contribution in [3.05, 3.63) is 52.4 Å². The fraction of sp³-hybridized carbons (Fsp3) is 0.360. The van der Waals surface area contributed by atoms with Crippen LogP contribution in [-0.4, -0.2) is 72.6 Å². The van der Waals surface area contributed by atoms with E-state index in [4.69, 9.17) is 4.98 Å². The molecule has 3 aromatic heterocycles. The van der Waals surface area contributed by atoms with Gasteiger partial charge in [0.05, 0.1) is 20.8 Å². The zero-order valence-electron chi connectivity index (χ0n) is 22.0. The molecular formula is C25H30BrN7O4S2. The average Bonchev–Trinajstić information content (AvgIpc) is 3.63. The van der Waals surface area contributed by atoms with Crippen molar-refractivity contribution in [1.29, 1.82) is 0 Å². The van der Waals surface area contributed by atoms with Crippen molar-refractivity contribution in [2.24, 2.45) is 0 Å². The molecule has 4 heterocycles. The number of anilines is 1. The molecule has 14 heteroatoms. The molecule has 1 aliphatic rings. The first kappa shape index (κ1) is 27.8. The summed E-state index contributed by atoms with van der Waals surface area (Å²) in [7, 11) is -5.44. The Bertz CT molecular complexity index is 1780. The van der Waals surface area contributed by atoms with Crippen LogP contribution in [0, 0.1) is 13.8 Å². The molecule has 0 amide bonds. The summed E-state index contributed by atoms with van der Waals surface area (Å²) in [5.74, 6) is 0.708. The summed E-state index contributed by atoms with van der Waals surface area (Å²) in [6.07, 6.45) is 2.38. The van der Waals surface area contributed by atoms with Crippen LogP contribution in [0.4, 0.5) is 5.69 Å². The van der Waals surface area contributed by atoms with Gasteiger partial charge in [-0.3, -0.25) is 0 Å². The van der Waals surface area contributed by atoms with E-state index < -0.39 is 20.0 Å². The molecular weight excluding hydrogens is 606 g/mol. The van der Waals surface area contributed by atoms with Crippen molar-refractivity contribution in [2.45, 2.75) is 38.1 Å². The number of aryl methyl sites for hydroxylation is 1. The maximum atomic E-state index is 12.4. The molecule has 0 aliphatic carbocycles. The molecule has 0 radical (unpaired) electrons. The maximum Gasteiger partial charge on any atom is 0.240 e. The van der Waals surface area contributed by atoms with E-state index in [0.29, 0.717) is 36.5 Å². The third-order valence-corrected chi connectivity index (χ3v) is 10.9. The number of halogens is 1. The summed E-state index contributed by atoms with van der Waals surface area (Å²) in [5, 5.41) is 3.49. The minimum absolute atomic E-state index is 0.0498. The number of nitrogens with one attached hydrogen (secondary N) is 3. The highest BCUT2D eigenvalue weighted by molar-refractivity contribution is 9.10. The predicted octanol–water partition coefficient (Wildman–Crippen LogP) is 3.54. The van der Waals surface area contributed by atoms with E-state index in [2.05, 4.69) is 35.9 Å². The normalized spacial score (nSPS) is 16.8. The number of aromatic nitrogens is 4. The van der Waals surface area contributed by atoms with Crippen LogP contribution in [0.1, 0.15) is 24.7 Å². The Balaban J connectivity index is 1.51. The lowest BCUT2D eigenvalue weighted by Crippen LogP contribution is -2.32. The Morgan fingerprint density at radius 2 is 1.95 bits per heavy atom. The number of rotatable bonds is 8. The summed E-state index contributed by atoms with van der Waals surface area (Å²) in [5.41, 5.74) is 5.39. The second-order valence-corrected chi connectivity index (χ2v) is 14.5. The van der Waals surface area contributed by atoms with E-state index in [0.717, 1.165) is 32.8 Å². The van der Waals surface area contributed by atoms with E-state index in [1.165, 1.54) is 11.4 Å². The summed E-state index contributed by atoms with van der Waals surface area (Å²) in [4.78, 5) is 12.8. The van der Waals surface area contributed by atoms with E-state index in [1.54, 1.807) is 31.3 Å². The first-order chi connectivity index (χ1) is 18.4. The second kappa shape index (κ2) is 10.3. The van der Waals surface area contributed by atoms with E-state index in [1.807, 2.05) is 30.5 Å². The Hall–Kier alpha value is -2.78. The number of hydrogen-bond donors (Lipinski definition) is 3. The molecule has 0 spiro atoms. The van der Waals surface area contributed by atoms with Crippen LogP contribution in [0.5, 0.6) is 0 Å². The van der Waals surface area contributed by atoms with Crippen molar-refractivity contribution in [3.8, 4) is 17.1 Å². The van der Waals surface area contributed by atoms with Gasteiger partial charge in [-0.05, 0) is 74.4 Å². The van der Waals surface area contributed by atoms with Crippen LogP contribution in [0.15, 0.2) is 45.9 Å². The predicted molar refractivity (Wildman–Crippen MR) is 155 cm³/mol. The van der Waals surface area contributed by atoms with Gasteiger partial charge in [-0.1, -0.05) is 6.07 Å². The molecule has 1 aliphatic heterocycles. The zero-order chi connectivity index (χ0) is 28.1. The molecule has 0 saturated carbocycles. The molecule has 4 aromatic rings. The number of imidazole rings is 1. The van der Waals surface area contributed by atoms with Gasteiger partial charge in [0.1, 0.15) is 11.3 Å². The highest BCUT2D eigenvalue weighted by Crippen LogP contribution is 2.34. The third kappa shape index (κ3) is 5.11. The number of hydrogen-bond acceptors (Lipinski definition) is 7. The first-order valence-corrected chi connectivity index (χ1v) is 16.4. The molecule has 1 aromatic carbocycles. The molecule has 0 bridgehead atoms. The van der Waals surface area contributed by atoms with E-state index >= 15 is 0 Å². The van der Waals surface area contributed by atoms with Gasteiger partial charge < -0.3 is 14.9 Å². The quantitative estimate of drug-likeness (QED) is 0.269. The van der Waals surface area contributed by atoms with Crippen molar-refractivity contribution in [1.82, 2.24) is 28.5 Å². The van der Waals surface area contributed by atoms with Gasteiger partial charge in [-0.2, -0.15) is 4.31 Å². The molecule has 1 unspecified atom stereocenters. The maximum absolute atomic E-state index is 12.4. The third-order valence-electron chi connectivity index (χ3n) is 7.07. The number of fused-ring (bicyclic) bond motifs is 1. The molecule has 5 rings (SSSR count). The van der Waals surface area contributed by atoms with Crippen molar-refractivity contribution in [2.75, 3.05) is 31.2 Å². The summed E-state index contributed by atoms with van der Waals surface area (Å²) < 4.78 is 56.0. The lowest BCUT2D eigenvalue weighted by molar-refractivity contribution is 0.476. The molecule has 1 atom stereocenters. The number of sulfonamides is 2. The van der Waals surface area contributed by atoms with Gasteiger partial charge in [0.25, 0.3) is 0 Å². The zero-order valence-corrected chi connectivity index (χ0v) is 25.2. The molecule has 1 saturated heterocycles. The first-order valence-electron chi connectivity index (χ1n) is 12.5. The van der Waals surface area contributed by atoms with Crippen molar-refractivity contribution < 1.29 is 16.8 Å². The van der Waals surface area contributed by atoms with E-state index in [9.17, 15) is 16.8 Å². The molecule has 3 N–H and O–H groups in total. The fourth-order valence-corrected chi connectivity index (χ4v) is 7.34. The van der Waals surface area contributed by atoms with Gasteiger partial charge >= 0.3 is 0 Å². The van der Waals surface area contributed by atoms with Gasteiger partial charge in [-0.15, -0.1) is 0 Å². The minimum Gasteiger partial charge on any atom is -0.378 e. The summed E-state index contributed by atoms with van der Waals surface area (Å²) >= 11 is 3.58. The Labute approximate surface area is 236 Å². The number of benzene rings is 1. The SMILES string of the molecule is CCS(=O)(=O)N1CCC(Nc2c(Br)cnc3nc(-c4cc(C)n(-c5cccc(S(=O)(=O)NC)c5)c4C)[nH]c23)C1. The van der Waals surface area contributed by atoms with Crippen LogP contribution in [-0.2, 0) is 20.0 Å². The summed E-state index contributed by atoms with van der Waals surface area (Å²) in [6, 6.07) is 8.72. The van der Waals surface area contributed by atoms with Crippen molar-refractivity contribution >= 4 is 52.8 Å². The second-order valence-electron chi connectivity index (χ2n) is 9.48. The Morgan fingerprint density at radius 3 is 2.67 bits per heavy atom. The van der Waals surface area contributed by atoms with Gasteiger partial charge in [-0.25, -0.2) is 31.5 Å². The van der Waals surface area contributed by atoms with E-state index in [-0.39, 0.29) is 16.7 Å². The Kier molecular flexibility index (Phi) is 7.35. The number of aromatic amines is 1. The lowest BCUT2D eigenvalue weighted by atomic mass is 10.2. The lowest BCUT2D eigenvalue weighted by Gasteiger charge is -2.17. The smallest absolute Gasteiger partial charge is 0.240 e. The van der Waals surface area contributed by atoms with Gasteiger partial charge in [0.2, 0.25) is 20.0 Å². The van der Waals surface area contributed by atoms with Crippen LogP contribution < -0.4 is 10.0 Å². The molecule has 39 heavy (non-hydrogen) atoms. The standard InChI is InChI=1S/C25H30BrN7O4S2/c1-5-38(34,35)32-10-9-17(14-32)29-22-21(26)13-28-25-23(22)30-24(31-25)20-11-15(2)33(16(20)3)18-7-6-8-19(12-18)39(36,37)27-4/h6-8,11-13,17,27H,5,9-10,14H2,1-4H3,(H2,28,29,30,31). The molecule has 1 fully saturated rings. The minimum atomic E-state index is -3.59. The molecule has 208 valence electrons. The fourth-order valence-electron chi connectivity index (χ4n) is 5.00. The highest BCUT2D eigenvalue weighted by atomic mass is 79.9. The topological polar surface area (TPSA) is 142 Å². The highest BCUT2D eigenvalue weighted by Gasteiger charge is 2.31. The van der Waals surface area contributed by atoms with Crippen LogP contribution in [0.3, 0.4) is 0 Å². The molecule has 11 nitrogen and oxygen atoms in total. The number of H-pyrrole nitrogens is 1. The van der Waals surface area contributed by atoms with Gasteiger partial charge in [0.15, 0.2) is 5.65 Å². The van der Waals surface area contributed by atoms with Crippen LogP contribution in [0.25, 0.3) is 28.2 Å². The largest absolute Gasteiger partial charge is 0.378 e. The average molecular weight is 637 g/mol. The number of pyridine rings is 1. The summed E-state index contributed by atoms with van der Waals surface area (Å²) in [6.45, 7) is 6.45. The Morgan fingerprint density at radius 1 is 1.18 bits per heavy atom. The van der Waals surface area contributed by atoms with Crippen LogP contribution >= 0.6 is 15.9 Å². The van der Waals surface area contributed by atoms with Crippen molar-refractivity contribution in [3.63, 3.8) is 0 Å². The van der Waals surface area contributed by atoms with Crippen LogP contribution in [0.2, 0.25) is 0 Å².